The SMILES string of the molecule is Cc1cc(C2C[C@H]3CC[C@@H](C2)N3C(=O)[C@H]2CCCN(C(N)=O)C2)ccc1F. The van der Waals surface area contributed by atoms with E-state index in [1.54, 1.807) is 17.9 Å². The molecule has 6 heteroatoms. The van der Waals surface area contributed by atoms with Gasteiger partial charge in [-0.15, -0.1) is 0 Å². The Hall–Kier alpha value is -2.11. The van der Waals surface area contributed by atoms with E-state index < -0.39 is 6.03 Å². The summed E-state index contributed by atoms with van der Waals surface area (Å²) in [5.74, 6) is 0.297. The van der Waals surface area contributed by atoms with Gasteiger partial charge in [-0.1, -0.05) is 12.1 Å². The number of benzene rings is 1. The Kier molecular flexibility index (Phi) is 4.82. The summed E-state index contributed by atoms with van der Waals surface area (Å²) in [5.41, 5.74) is 7.29. The van der Waals surface area contributed by atoms with Crippen LogP contribution in [0.4, 0.5) is 9.18 Å². The molecule has 3 aliphatic heterocycles. The van der Waals surface area contributed by atoms with Crippen LogP contribution in [-0.4, -0.2) is 46.9 Å². The molecule has 1 unspecified atom stereocenters. The lowest BCUT2D eigenvalue weighted by atomic mass is 9.83. The van der Waals surface area contributed by atoms with Gasteiger partial charge < -0.3 is 15.5 Å². The number of fused-ring (bicyclic) bond motifs is 2. The predicted molar refractivity (Wildman–Crippen MR) is 101 cm³/mol. The number of amides is 3. The summed E-state index contributed by atoms with van der Waals surface area (Å²) in [6, 6.07) is 5.51. The second kappa shape index (κ2) is 7.13. The second-order valence-corrected chi connectivity index (χ2v) is 8.43. The molecule has 4 atom stereocenters. The molecule has 0 aromatic heterocycles. The van der Waals surface area contributed by atoms with Crippen molar-refractivity contribution in [2.45, 2.75) is 63.5 Å². The smallest absolute Gasteiger partial charge is 0.314 e. The molecule has 2 N–H and O–H groups in total. The van der Waals surface area contributed by atoms with Crippen molar-refractivity contribution in [3.63, 3.8) is 0 Å². The molecule has 3 aliphatic rings. The monoisotopic (exact) mass is 373 g/mol. The molecule has 4 rings (SSSR count). The first kappa shape index (κ1) is 18.3. The molecular formula is C21H28FN3O2. The molecule has 2 bridgehead atoms. The van der Waals surface area contributed by atoms with Gasteiger partial charge >= 0.3 is 6.03 Å². The van der Waals surface area contributed by atoms with E-state index in [0.717, 1.165) is 38.5 Å². The van der Waals surface area contributed by atoms with Crippen LogP contribution in [0.1, 0.15) is 55.6 Å². The molecule has 3 heterocycles. The van der Waals surface area contributed by atoms with Crippen molar-refractivity contribution in [3.8, 4) is 0 Å². The minimum Gasteiger partial charge on any atom is -0.351 e. The van der Waals surface area contributed by atoms with E-state index in [9.17, 15) is 14.0 Å². The van der Waals surface area contributed by atoms with Crippen LogP contribution < -0.4 is 5.73 Å². The number of hydrogen-bond donors (Lipinski definition) is 1. The van der Waals surface area contributed by atoms with E-state index in [0.29, 0.717) is 24.6 Å². The first-order valence-electron chi connectivity index (χ1n) is 10.1. The summed E-state index contributed by atoms with van der Waals surface area (Å²) < 4.78 is 13.6. The zero-order valence-electron chi connectivity index (χ0n) is 15.9. The quantitative estimate of drug-likeness (QED) is 0.865. The van der Waals surface area contributed by atoms with Crippen LogP contribution in [0.15, 0.2) is 18.2 Å². The Morgan fingerprint density at radius 1 is 1.15 bits per heavy atom. The molecule has 3 amide bonds. The van der Waals surface area contributed by atoms with Crippen LogP contribution in [0.2, 0.25) is 0 Å². The average Bonchev–Trinajstić information content (AvgIpc) is 2.92. The molecule has 5 nitrogen and oxygen atoms in total. The van der Waals surface area contributed by atoms with Gasteiger partial charge in [0.2, 0.25) is 5.91 Å². The highest BCUT2D eigenvalue weighted by atomic mass is 19.1. The fourth-order valence-corrected chi connectivity index (χ4v) is 5.32. The summed E-state index contributed by atoms with van der Waals surface area (Å²) in [4.78, 5) is 28.4. The number of likely N-dealkylation sites (tertiary alicyclic amines) is 1. The zero-order chi connectivity index (χ0) is 19.1. The number of aryl methyl sites for hydroxylation is 1. The van der Waals surface area contributed by atoms with Gasteiger partial charge in [0.05, 0.1) is 5.92 Å². The fraction of sp³-hybridized carbons (Fsp3) is 0.619. The molecule has 27 heavy (non-hydrogen) atoms. The number of rotatable bonds is 2. The minimum atomic E-state index is -0.430. The normalized spacial score (nSPS) is 30.4. The number of hydrogen-bond acceptors (Lipinski definition) is 2. The highest BCUT2D eigenvalue weighted by molar-refractivity contribution is 5.81. The maximum atomic E-state index is 13.6. The topological polar surface area (TPSA) is 66.6 Å². The Morgan fingerprint density at radius 2 is 1.85 bits per heavy atom. The largest absolute Gasteiger partial charge is 0.351 e. The number of urea groups is 1. The summed E-state index contributed by atoms with van der Waals surface area (Å²) in [6.07, 6.45) is 5.64. The molecule has 0 radical (unpaired) electrons. The lowest BCUT2D eigenvalue weighted by Gasteiger charge is -2.42. The minimum absolute atomic E-state index is 0.126. The Bertz CT molecular complexity index is 739. The van der Waals surface area contributed by atoms with Crippen molar-refractivity contribution in [1.82, 2.24) is 9.80 Å². The van der Waals surface area contributed by atoms with Crippen LogP contribution in [0, 0.1) is 18.7 Å². The molecule has 0 spiro atoms. The molecule has 1 aromatic carbocycles. The third-order valence-corrected chi connectivity index (χ3v) is 6.72. The van der Waals surface area contributed by atoms with E-state index >= 15 is 0 Å². The zero-order valence-corrected chi connectivity index (χ0v) is 15.9. The Balaban J connectivity index is 1.46. The van der Waals surface area contributed by atoms with E-state index in [1.165, 1.54) is 5.56 Å². The number of carbonyl (C=O) groups is 2. The Labute approximate surface area is 159 Å². The number of nitrogens with zero attached hydrogens (tertiary/aromatic N) is 2. The van der Waals surface area contributed by atoms with Crippen molar-refractivity contribution in [2.24, 2.45) is 11.7 Å². The van der Waals surface area contributed by atoms with Gasteiger partial charge in [-0.3, -0.25) is 4.79 Å². The number of primary amides is 1. The molecule has 3 fully saturated rings. The molecule has 146 valence electrons. The fourth-order valence-electron chi connectivity index (χ4n) is 5.32. The average molecular weight is 373 g/mol. The highest BCUT2D eigenvalue weighted by Gasteiger charge is 2.45. The van der Waals surface area contributed by atoms with Gasteiger partial charge in [0.15, 0.2) is 0 Å². The van der Waals surface area contributed by atoms with Gasteiger partial charge in [0.1, 0.15) is 5.82 Å². The third kappa shape index (κ3) is 3.42. The lowest BCUT2D eigenvalue weighted by molar-refractivity contribution is -0.141. The summed E-state index contributed by atoms with van der Waals surface area (Å²) in [7, 11) is 0. The number of nitrogens with two attached hydrogens (primary N) is 1. The van der Waals surface area contributed by atoms with Crippen LogP contribution in [0.25, 0.3) is 0 Å². The van der Waals surface area contributed by atoms with Gasteiger partial charge in [-0.25, -0.2) is 9.18 Å². The van der Waals surface area contributed by atoms with Crippen LogP contribution in [0.5, 0.6) is 0 Å². The summed E-state index contributed by atoms with van der Waals surface area (Å²) in [6.45, 7) is 2.91. The molecule has 0 aliphatic carbocycles. The molecule has 1 aromatic rings. The Morgan fingerprint density at radius 3 is 2.48 bits per heavy atom. The number of piperidine rings is 2. The second-order valence-electron chi connectivity index (χ2n) is 8.43. The van der Waals surface area contributed by atoms with Crippen molar-refractivity contribution < 1.29 is 14.0 Å². The number of halogens is 1. The van der Waals surface area contributed by atoms with Gasteiger partial charge in [0, 0.05) is 25.2 Å². The predicted octanol–water partition coefficient (Wildman–Crippen LogP) is 3.16. The van der Waals surface area contributed by atoms with Crippen molar-refractivity contribution in [2.75, 3.05) is 13.1 Å². The van der Waals surface area contributed by atoms with E-state index in [2.05, 4.69) is 4.90 Å². The lowest BCUT2D eigenvalue weighted by Crippen LogP contribution is -2.53. The summed E-state index contributed by atoms with van der Waals surface area (Å²) >= 11 is 0. The van der Waals surface area contributed by atoms with Crippen molar-refractivity contribution in [1.29, 1.82) is 0 Å². The molecule has 0 saturated carbocycles. The van der Waals surface area contributed by atoms with Crippen LogP contribution >= 0.6 is 0 Å². The van der Waals surface area contributed by atoms with Crippen molar-refractivity contribution >= 4 is 11.9 Å². The van der Waals surface area contributed by atoms with Crippen LogP contribution in [0.3, 0.4) is 0 Å². The van der Waals surface area contributed by atoms with Gasteiger partial charge in [0.25, 0.3) is 0 Å². The third-order valence-electron chi connectivity index (χ3n) is 6.72. The standard InChI is InChI=1S/C21H28FN3O2/c1-13-9-14(4-7-19(13)22)16-10-17-5-6-18(11-16)25(17)20(26)15-3-2-8-24(12-15)21(23)27/h4,7,9,15-18H,2-3,5-6,8,10-12H2,1H3,(H2,23,27)/t15-,16?,17-,18+/m0/s1. The first-order valence-corrected chi connectivity index (χ1v) is 10.1. The molecular weight excluding hydrogens is 345 g/mol. The highest BCUT2D eigenvalue weighted by Crippen LogP contribution is 2.44. The van der Waals surface area contributed by atoms with E-state index in [4.69, 9.17) is 5.73 Å². The van der Waals surface area contributed by atoms with Gasteiger partial charge in [-0.05, 0) is 68.6 Å². The van der Waals surface area contributed by atoms with E-state index in [1.807, 2.05) is 12.1 Å². The maximum Gasteiger partial charge on any atom is 0.314 e. The maximum absolute atomic E-state index is 13.6. The van der Waals surface area contributed by atoms with Crippen LogP contribution in [-0.2, 0) is 4.79 Å². The van der Waals surface area contributed by atoms with E-state index in [-0.39, 0.29) is 29.7 Å². The first-order chi connectivity index (χ1) is 12.9. The van der Waals surface area contributed by atoms with Crippen molar-refractivity contribution in [3.05, 3.63) is 35.1 Å². The number of carbonyl (C=O) groups excluding carboxylic acids is 2. The summed E-state index contributed by atoms with van der Waals surface area (Å²) in [5, 5.41) is 0. The van der Waals surface area contributed by atoms with Gasteiger partial charge in [-0.2, -0.15) is 0 Å². The molecule has 3 saturated heterocycles.